The second-order valence-corrected chi connectivity index (χ2v) is 3.49. The molecule has 3 atom stereocenters. The van der Waals surface area contributed by atoms with Gasteiger partial charge in [0.25, 0.3) is 0 Å². The maximum atomic E-state index is 11.4. The third-order valence-electron chi connectivity index (χ3n) is 1.89. The molecular formula is C9H18O4. The Bertz CT molecular complexity index is 165. The highest BCUT2D eigenvalue weighted by Gasteiger charge is 2.30. The van der Waals surface area contributed by atoms with Crippen molar-refractivity contribution in [2.24, 2.45) is 5.92 Å². The van der Waals surface area contributed by atoms with Gasteiger partial charge in [-0.1, -0.05) is 13.8 Å². The van der Waals surface area contributed by atoms with Crippen LogP contribution in [0.25, 0.3) is 0 Å². The molecule has 0 fully saturated rings. The second kappa shape index (κ2) is 5.32. The van der Waals surface area contributed by atoms with Crippen molar-refractivity contribution in [3.05, 3.63) is 0 Å². The molecule has 0 heterocycles. The van der Waals surface area contributed by atoms with Crippen LogP contribution in [-0.2, 0) is 9.53 Å². The third kappa shape index (κ3) is 3.42. The average molecular weight is 190 g/mol. The molecule has 78 valence electrons. The number of aliphatic hydroxyl groups is 2. The topological polar surface area (TPSA) is 66.8 Å². The lowest BCUT2D eigenvalue weighted by atomic mass is 9.97. The molecule has 0 saturated carbocycles. The van der Waals surface area contributed by atoms with Gasteiger partial charge in [0.05, 0.1) is 6.10 Å². The second-order valence-electron chi connectivity index (χ2n) is 3.49. The monoisotopic (exact) mass is 190 g/mol. The summed E-state index contributed by atoms with van der Waals surface area (Å²) >= 11 is 0. The smallest absolute Gasteiger partial charge is 0.192 e. The Morgan fingerprint density at radius 1 is 1.23 bits per heavy atom. The molecule has 0 unspecified atom stereocenters. The van der Waals surface area contributed by atoms with Gasteiger partial charge < -0.3 is 14.9 Å². The zero-order chi connectivity index (χ0) is 10.6. The maximum absolute atomic E-state index is 11.4. The molecule has 0 aliphatic heterocycles. The molecule has 0 aliphatic carbocycles. The van der Waals surface area contributed by atoms with Crippen molar-refractivity contribution in [1.82, 2.24) is 0 Å². The van der Waals surface area contributed by atoms with Crippen LogP contribution in [-0.4, -0.2) is 41.4 Å². The SMILES string of the molecule is CO[C@H](C(=O)[C@@H](O)[C@@H](C)O)C(C)C. The fourth-order valence-corrected chi connectivity index (χ4v) is 1.12. The molecule has 0 aliphatic rings. The van der Waals surface area contributed by atoms with Crippen molar-refractivity contribution in [2.75, 3.05) is 7.11 Å². The minimum Gasteiger partial charge on any atom is -0.390 e. The van der Waals surface area contributed by atoms with E-state index in [1.54, 1.807) is 0 Å². The first-order valence-corrected chi connectivity index (χ1v) is 4.34. The number of hydrogen-bond donors (Lipinski definition) is 2. The van der Waals surface area contributed by atoms with Gasteiger partial charge in [-0.25, -0.2) is 0 Å². The summed E-state index contributed by atoms with van der Waals surface area (Å²) in [6.45, 7) is 5.01. The molecule has 13 heavy (non-hydrogen) atoms. The van der Waals surface area contributed by atoms with Crippen molar-refractivity contribution in [3.8, 4) is 0 Å². The van der Waals surface area contributed by atoms with E-state index in [9.17, 15) is 9.90 Å². The average Bonchev–Trinajstić information content (AvgIpc) is 2.03. The van der Waals surface area contributed by atoms with Crippen LogP contribution < -0.4 is 0 Å². The third-order valence-corrected chi connectivity index (χ3v) is 1.89. The number of Topliss-reactive ketones (excluding diaryl/α,β-unsaturated/α-hetero) is 1. The standard InChI is InChI=1S/C9H18O4/c1-5(2)9(13-4)8(12)7(11)6(3)10/h5-7,9-11H,1-4H3/t6-,7+,9+/m1/s1. The van der Waals surface area contributed by atoms with E-state index in [4.69, 9.17) is 9.84 Å². The molecule has 0 bridgehead atoms. The molecule has 0 spiro atoms. The number of ketones is 1. The zero-order valence-corrected chi connectivity index (χ0v) is 8.52. The Morgan fingerprint density at radius 3 is 1.92 bits per heavy atom. The molecule has 0 aromatic heterocycles. The van der Waals surface area contributed by atoms with Crippen LogP contribution in [0.4, 0.5) is 0 Å². The zero-order valence-electron chi connectivity index (χ0n) is 8.52. The summed E-state index contributed by atoms with van der Waals surface area (Å²) in [5, 5.41) is 18.3. The largest absolute Gasteiger partial charge is 0.390 e. The van der Waals surface area contributed by atoms with Crippen LogP contribution in [0.3, 0.4) is 0 Å². The van der Waals surface area contributed by atoms with E-state index in [-0.39, 0.29) is 5.92 Å². The van der Waals surface area contributed by atoms with E-state index in [0.717, 1.165) is 0 Å². The van der Waals surface area contributed by atoms with E-state index in [2.05, 4.69) is 0 Å². The summed E-state index contributed by atoms with van der Waals surface area (Å²) in [5.41, 5.74) is 0. The number of carbonyl (C=O) groups is 1. The number of carbonyl (C=O) groups excluding carboxylic acids is 1. The predicted molar refractivity (Wildman–Crippen MR) is 48.3 cm³/mol. The minimum atomic E-state index is -1.35. The fraction of sp³-hybridized carbons (Fsp3) is 0.889. The van der Waals surface area contributed by atoms with Gasteiger partial charge in [0.15, 0.2) is 5.78 Å². The number of aliphatic hydroxyl groups excluding tert-OH is 2. The molecular weight excluding hydrogens is 172 g/mol. The van der Waals surface area contributed by atoms with Gasteiger partial charge in [0, 0.05) is 7.11 Å². The van der Waals surface area contributed by atoms with Gasteiger partial charge in [-0.2, -0.15) is 0 Å². The molecule has 0 aromatic rings. The van der Waals surface area contributed by atoms with Gasteiger partial charge in [0.2, 0.25) is 0 Å². The summed E-state index contributed by atoms with van der Waals surface area (Å²) in [5.74, 6) is -0.474. The first-order valence-electron chi connectivity index (χ1n) is 4.34. The molecule has 0 radical (unpaired) electrons. The molecule has 0 aromatic carbocycles. The van der Waals surface area contributed by atoms with Crippen LogP contribution in [0.2, 0.25) is 0 Å². The molecule has 4 heteroatoms. The highest BCUT2D eigenvalue weighted by molar-refractivity contribution is 5.87. The number of methoxy groups -OCH3 is 1. The minimum absolute atomic E-state index is 0.00843. The van der Waals surface area contributed by atoms with Crippen LogP contribution in [0.5, 0.6) is 0 Å². The first-order chi connectivity index (χ1) is 5.91. The highest BCUT2D eigenvalue weighted by Crippen LogP contribution is 2.10. The van der Waals surface area contributed by atoms with E-state index < -0.39 is 24.1 Å². The van der Waals surface area contributed by atoms with Gasteiger partial charge >= 0.3 is 0 Å². The Labute approximate surface area is 78.5 Å². The molecule has 2 N–H and O–H groups in total. The van der Waals surface area contributed by atoms with Crippen LogP contribution in [0.15, 0.2) is 0 Å². The number of ether oxygens (including phenoxy) is 1. The Kier molecular flexibility index (Phi) is 5.13. The van der Waals surface area contributed by atoms with Gasteiger partial charge in [-0.05, 0) is 12.8 Å². The van der Waals surface area contributed by atoms with Crippen molar-refractivity contribution < 1.29 is 19.7 Å². The fourth-order valence-electron chi connectivity index (χ4n) is 1.12. The summed E-state index contributed by atoms with van der Waals surface area (Å²) in [4.78, 5) is 11.4. The van der Waals surface area contributed by atoms with Crippen LogP contribution in [0, 0.1) is 5.92 Å². The van der Waals surface area contributed by atoms with Crippen molar-refractivity contribution >= 4 is 5.78 Å². The Morgan fingerprint density at radius 2 is 1.69 bits per heavy atom. The Balaban J connectivity index is 4.37. The van der Waals surface area contributed by atoms with Crippen LogP contribution in [0.1, 0.15) is 20.8 Å². The predicted octanol–water partition coefficient (Wildman–Crippen LogP) is -0.0318. The Hall–Kier alpha value is -0.450. The molecule has 0 amide bonds. The summed E-state index contributed by atoms with van der Waals surface area (Å²) < 4.78 is 4.92. The van der Waals surface area contributed by atoms with E-state index in [1.165, 1.54) is 14.0 Å². The lowest BCUT2D eigenvalue weighted by Gasteiger charge is -2.22. The van der Waals surface area contributed by atoms with Gasteiger partial charge in [-0.3, -0.25) is 4.79 Å². The number of hydrogen-bond acceptors (Lipinski definition) is 4. The van der Waals surface area contributed by atoms with Crippen LogP contribution >= 0.6 is 0 Å². The van der Waals surface area contributed by atoms with Crippen molar-refractivity contribution in [3.63, 3.8) is 0 Å². The number of rotatable bonds is 5. The van der Waals surface area contributed by atoms with E-state index in [1.807, 2.05) is 13.8 Å². The highest BCUT2D eigenvalue weighted by atomic mass is 16.5. The van der Waals surface area contributed by atoms with Crippen molar-refractivity contribution in [2.45, 2.75) is 39.1 Å². The van der Waals surface area contributed by atoms with Gasteiger partial charge in [-0.15, -0.1) is 0 Å². The van der Waals surface area contributed by atoms with E-state index >= 15 is 0 Å². The lowest BCUT2D eigenvalue weighted by molar-refractivity contribution is -0.144. The molecule has 0 rings (SSSR count). The molecule has 4 nitrogen and oxygen atoms in total. The van der Waals surface area contributed by atoms with Gasteiger partial charge in [0.1, 0.15) is 12.2 Å². The summed E-state index contributed by atoms with van der Waals surface area (Å²) in [6, 6.07) is 0. The quantitative estimate of drug-likeness (QED) is 0.638. The first kappa shape index (κ1) is 12.6. The lowest BCUT2D eigenvalue weighted by Crippen LogP contribution is -2.42. The maximum Gasteiger partial charge on any atom is 0.192 e. The summed E-state index contributed by atoms with van der Waals surface area (Å²) in [7, 11) is 1.41. The summed E-state index contributed by atoms with van der Waals surface area (Å²) in [6.07, 6.45) is -3.05. The van der Waals surface area contributed by atoms with Crippen molar-refractivity contribution in [1.29, 1.82) is 0 Å². The molecule has 0 saturated heterocycles. The van der Waals surface area contributed by atoms with E-state index in [0.29, 0.717) is 0 Å². The normalized spacial score (nSPS) is 18.4.